The van der Waals surface area contributed by atoms with Gasteiger partial charge in [0.1, 0.15) is 11.4 Å². The molecular formula is C21H26N4O2. The van der Waals surface area contributed by atoms with Gasteiger partial charge >= 0.3 is 0 Å². The molecule has 1 aromatic heterocycles. The number of hydrogen-bond donors (Lipinski definition) is 1. The van der Waals surface area contributed by atoms with Crippen LogP contribution in [0.3, 0.4) is 0 Å². The van der Waals surface area contributed by atoms with Crippen LogP contribution in [0.25, 0.3) is 5.69 Å². The number of nitrogens with zero attached hydrogens (tertiary/aromatic N) is 3. The molecule has 0 bridgehead atoms. The van der Waals surface area contributed by atoms with Gasteiger partial charge in [-0.3, -0.25) is 9.59 Å². The quantitative estimate of drug-likeness (QED) is 0.823. The van der Waals surface area contributed by atoms with Gasteiger partial charge in [0.2, 0.25) is 0 Å². The zero-order chi connectivity index (χ0) is 19.0. The van der Waals surface area contributed by atoms with E-state index in [4.69, 9.17) is 5.73 Å². The number of carbonyl (C=O) groups is 2. The topological polar surface area (TPSA) is 81.2 Å². The second-order valence-electron chi connectivity index (χ2n) is 7.78. The summed E-state index contributed by atoms with van der Waals surface area (Å²) in [6.45, 7) is 3.50. The summed E-state index contributed by atoms with van der Waals surface area (Å²) in [5, 5.41) is 4.37. The number of rotatable bonds is 5. The first-order valence-electron chi connectivity index (χ1n) is 9.81. The molecular weight excluding hydrogens is 340 g/mol. The standard InChI is InChI=1S/C21H26N4O2/c1-14-5-8-16(19(26)11-15-6-7-15)12-18(14)25-20(22)17(13-23-25)21(27)24-9-3-2-4-10-24/h5,8,12-13,15H,2-4,6-7,9-11,22H2,1H3. The van der Waals surface area contributed by atoms with E-state index < -0.39 is 0 Å². The summed E-state index contributed by atoms with van der Waals surface area (Å²) in [5.41, 5.74) is 9.13. The van der Waals surface area contributed by atoms with Crippen LogP contribution in [0.1, 0.15) is 64.8 Å². The molecule has 0 radical (unpaired) electrons. The fourth-order valence-electron chi connectivity index (χ4n) is 3.70. The van der Waals surface area contributed by atoms with Crippen molar-refractivity contribution in [3.63, 3.8) is 0 Å². The average Bonchev–Trinajstić information content (AvgIpc) is 3.42. The van der Waals surface area contributed by atoms with Crippen molar-refractivity contribution in [2.75, 3.05) is 18.8 Å². The lowest BCUT2D eigenvalue weighted by Crippen LogP contribution is -2.35. The molecule has 6 heteroatoms. The van der Waals surface area contributed by atoms with Crippen molar-refractivity contribution in [1.29, 1.82) is 0 Å². The van der Waals surface area contributed by atoms with E-state index in [1.165, 1.54) is 6.42 Å². The van der Waals surface area contributed by atoms with Crippen LogP contribution in [0.4, 0.5) is 5.82 Å². The number of Topliss-reactive ketones (excluding diaryl/α,β-unsaturated/α-hetero) is 1. The van der Waals surface area contributed by atoms with Crippen LogP contribution in [0, 0.1) is 12.8 Å². The number of amides is 1. The minimum Gasteiger partial charge on any atom is -0.383 e. The fraction of sp³-hybridized carbons (Fsp3) is 0.476. The SMILES string of the molecule is Cc1ccc(C(=O)CC2CC2)cc1-n1ncc(C(=O)N2CCCCC2)c1N. The van der Waals surface area contributed by atoms with E-state index in [0.29, 0.717) is 29.3 Å². The van der Waals surface area contributed by atoms with Gasteiger partial charge in [0, 0.05) is 25.1 Å². The van der Waals surface area contributed by atoms with Crippen LogP contribution in [0.2, 0.25) is 0 Å². The Kier molecular flexibility index (Phi) is 4.72. The highest BCUT2D eigenvalue weighted by Crippen LogP contribution is 2.34. The molecule has 2 N–H and O–H groups in total. The number of aromatic nitrogens is 2. The van der Waals surface area contributed by atoms with Crippen molar-refractivity contribution < 1.29 is 9.59 Å². The van der Waals surface area contributed by atoms with Crippen molar-refractivity contribution in [2.45, 2.75) is 45.4 Å². The van der Waals surface area contributed by atoms with Gasteiger partial charge < -0.3 is 10.6 Å². The minimum atomic E-state index is -0.0583. The normalized spacial score (nSPS) is 17.1. The smallest absolute Gasteiger partial charge is 0.259 e. The molecule has 6 nitrogen and oxygen atoms in total. The van der Waals surface area contributed by atoms with Gasteiger partial charge in [-0.15, -0.1) is 0 Å². The lowest BCUT2D eigenvalue weighted by atomic mass is 10.0. The highest BCUT2D eigenvalue weighted by molar-refractivity contribution is 5.99. The fourth-order valence-corrected chi connectivity index (χ4v) is 3.70. The molecule has 1 aliphatic heterocycles. The summed E-state index contributed by atoms with van der Waals surface area (Å²) in [6.07, 6.45) is 7.69. The van der Waals surface area contributed by atoms with Gasteiger partial charge in [-0.2, -0.15) is 5.10 Å². The molecule has 1 aliphatic carbocycles. The second kappa shape index (κ2) is 7.18. The third-order valence-electron chi connectivity index (χ3n) is 5.61. The molecule has 2 aromatic rings. The molecule has 0 unspecified atom stereocenters. The highest BCUT2D eigenvalue weighted by atomic mass is 16.2. The van der Waals surface area contributed by atoms with E-state index in [-0.39, 0.29) is 11.7 Å². The summed E-state index contributed by atoms with van der Waals surface area (Å²) in [7, 11) is 0. The van der Waals surface area contributed by atoms with E-state index in [1.54, 1.807) is 10.9 Å². The van der Waals surface area contributed by atoms with Crippen molar-refractivity contribution in [2.24, 2.45) is 5.92 Å². The predicted molar refractivity (Wildman–Crippen MR) is 104 cm³/mol. The highest BCUT2D eigenvalue weighted by Gasteiger charge is 2.26. The Morgan fingerprint density at radius 3 is 2.63 bits per heavy atom. The summed E-state index contributed by atoms with van der Waals surface area (Å²) < 4.78 is 1.58. The second-order valence-corrected chi connectivity index (χ2v) is 7.78. The maximum atomic E-state index is 12.8. The number of ketones is 1. The third kappa shape index (κ3) is 3.61. The van der Waals surface area contributed by atoms with Gasteiger partial charge in [-0.1, -0.05) is 12.1 Å². The Hall–Kier alpha value is -2.63. The monoisotopic (exact) mass is 366 g/mol. The van der Waals surface area contributed by atoms with Crippen LogP contribution < -0.4 is 5.73 Å². The molecule has 0 atom stereocenters. The number of piperidine rings is 1. The predicted octanol–water partition coefficient (Wildman–Crippen LogP) is 3.37. The van der Waals surface area contributed by atoms with E-state index in [2.05, 4.69) is 5.10 Å². The van der Waals surface area contributed by atoms with E-state index in [0.717, 1.165) is 50.0 Å². The molecule has 4 rings (SSSR count). The van der Waals surface area contributed by atoms with Gasteiger partial charge in [-0.25, -0.2) is 4.68 Å². The van der Waals surface area contributed by atoms with Gasteiger partial charge in [0.25, 0.3) is 5.91 Å². The Balaban J connectivity index is 1.62. The van der Waals surface area contributed by atoms with Crippen molar-refractivity contribution in [3.8, 4) is 5.69 Å². The Labute approximate surface area is 159 Å². The van der Waals surface area contributed by atoms with Gasteiger partial charge in [0.15, 0.2) is 5.78 Å². The average molecular weight is 366 g/mol. The lowest BCUT2D eigenvalue weighted by Gasteiger charge is -2.26. The molecule has 27 heavy (non-hydrogen) atoms. The van der Waals surface area contributed by atoms with E-state index in [9.17, 15) is 9.59 Å². The first kappa shape index (κ1) is 17.8. The molecule has 2 heterocycles. The Morgan fingerprint density at radius 2 is 1.93 bits per heavy atom. The number of hydrogen-bond acceptors (Lipinski definition) is 4. The number of aryl methyl sites for hydroxylation is 1. The molecule has 142 valence electrons. The maximum Gasteiger partial charge on any atom is 0.259 e. The molecule has 0 spiro atoms. The largest absolute Gasteiger partial charge is 0.383 e. The zero-order valence-electron chi connectivity index (χ0n) is 15.8. The van der Waals surface area contributed by atoms with Crippen molar-refractivity contribution in [1.82, 2.24) is 14.7 Å². The van der Waals surface area contributed by atoms with Crippen LogP contribution in [0.5, 0.6) is 0 Å². The molecule has 1 saturated heterocycles. The zero-order valence-corrected chi connectivity index (χ0v) is 15.8. The van der Waals surface area contributed by atoms with Crippen LogP contribution in [-0.4, -0.2) is 39.5 Å². The van der Waals surface area contributed by atoms with E-state index in [1.807, 2.05) is 30.0 Å². The summed E-state index contributed by atoms with van der Waals surface area (Å²) in [5.74, 6) is 0.984. The first-order valence-corrected chi connectivity index (χ1v) is 9.81. The molecule has 2 aliphatic rings. The molecule has 1 amide bonds. The maximum absolute atomic E-state index is 12.8. The minimum absolute atomic E-state index is 0.0583. The third-order valence-corrected chi connectivity index (χ3v) is 5.61. The number of anilines is 1. The Bertz CT molecular complexity index is 876. The molecule has 1 saturated carbocycles. The summed E-state index contributed by atoms with van der Waals surface area (Å²) >= 11 is 0. The number of nitrogen functional groups attached to an aromatic ring is 1. The molecule has 1 aromatic carbocycles. The number of carbonyl (C=O) groups excluding carboxylic acids is 2. The van der Waals surface area contributed by atoms with Crippen LogP contribution in [-0.2, 0) is 0 Å². The van der Waals surface area contributed by atoms with Crippen LogP contribution in [0.15, 0.2) is 24.4 Å². The van der Waals surface area contributed by atoms with Crippen molar-refractivity contribution in [3.05, 3.63) is 41.1 Å². The summed E-state index contributed by atoms with van der Waals surface area (Å²) in [6, 6.07) is 5.63. The number of nitrogens with two attached hydrogens (primary N) is 1. The van der Waals surface area contributed by atoms with Gasteiger partial charge in [0.05, 0.1) is 11.9 Å². The van der Waals surface area contributed by atoms with E-state index >= 15 is 0 Å². The first-order chi connectivity index (χ1) is 13.0. The number of benzene rings is 1. The van der Waals surface area contributed by atoms with Crippen molar-refractivity contribution >= 4 is 17.5 Å². The van der Waals surface area contributed by atoms with Crippen LogP contribution >= 0.6 is 0 Å². The Morgan fingerprint density at radius 1 is 1.19 bits per heavy atom. The summed E-state index contributed by atoms with van der Waals surface area (Å²) in [4.78, 5) is 27.1. The number of likely N-dealkylation sites (tertiary alicyclic amines) is 1. The van der Waals surface area contributed by atoms with Gasteiger partial charge in [-0.05, 0) is 56.6 Å². The molecule has 2 fully saturated rings. The lowest BCUT2D eigenvalue weighted by molar-refractivity contribution is 0.0725.